The van der Waals surface area contributed by atoms with Crippen molar-refractivity contribution in [2.75, 3.05) is 39.3 Å². The Labute approximate surface area is 217 Å². The molecular formula is C30H45N3O3. The topological polar surface area (TPSA) is 53.1 Å². The average Bonchev–Trinajstić information content (AvgIpc) is 3.70. The molecule has 5 rings (SSSR count). The van der Waals surface area contributed by atoms with Crippen molar-refractivity contribution in [1.29, 1.82) is 0 Å². The minimum absolute atomic E-state index is 0.0681. The lowest BCUT2D eigenvalue weighted by Gasteiger charge is -2.52. The molecule has 1 unspecified atom stereocenters. The van der Waals surface area contributed by atoms with Crippen molar-refractivity contribution < 1.29 is 14.3 Å². The Hall–Kier alpha value is -2.08. The lowest BCUT2D eigenvalue weighted by atomic mass is 9.75. The Morgan fingerprint density at radius 2 is 1.69 bits per heavy atom. The van der Waals surface area contributed by atoms with E-state index in [9.17, 15) is 9.59 Å². The molecule has 0 radical (unpaired) electrons. The summed E-state index contributed by atoms with van der Waals surface area (Å²) >= 11 is 0. The number of likely N-dealkylation sites (tertiary alicyclic amines) is 2. The highest BCUT2D eigenvalue weighted by atomic mass is 16.6. The molecule has 3 aliphatic heterocycles. The molecule has 4 aliphatic rings. The van der Waals surface area contributed by atoms with Gasteiger partial charge >= 0.3 is 6.09 Å². The van der Waals surface area contributed by atoms with E-state index in [0.717, 1.165) is 88.1 Å². The first-order valence-electron chi connectivity index (χ1n) is 14.5. The fourth-order valence-corrected chi connectivity index (χ4v) is 6.92. The van der Waals surface area contributed by atoms with Gasteiger partial charge in [0.05, 0.1) is 0 Å². The predicted molar refractivity (Wildman–Crippen MR) is 142 cm³/mol. The van der Waals surface area contributed by atoms with Crippen molar-refractivity contribution in [3.05, 3.63) is 34.9 Å². The molecular weight excluding hydrogens is 450 g/mol. The number of unbranched alkanes of at least 4 members (excludes halogenated alkanes) is 1. The van der Waals surface area contributed by atoms with Gasteiger partial charge in [0.15, 0.2) is 0 Å². The van der Waals surface area contributed by atoms with Gasteiger partial charge in [-0.15, -0.1) is 0 Å². The van der Waals surface area contributed by atoms with Crippen LogP contribution in [0.3, 0.4) is 0 Å². The molecule has 3 heterocycles. The summed E-state index contributed by atoms with van der Waals surface area (Å²) in [5.74, 6) is 1.34. The lowest BCUT2D eigenvalue weighted by Crippen LogP contribution is -2.61. The van der Waals surface area contributed by atoms with Gasteiger partial charge in [0.25, 0.3) is 5.91 Å². The van der Waals surface area contributed by atoms with Crippen LogP contribution in [0.1, 0.15) is 86.2 Å². The monoisotopic (exact) mass is 495 g/mol. The smallest absolute Gasteiger partial charge is 0.410 e. The molecule has 0 aromatic heterocycles. The van der Waals surface area contributed by atoms with Crippen LogP contribution in [-0.2, 0) is 4.74 Å². The van der Waals surface area contributed by atoms with Crippen molar-refractivity contribution in [2.24, 2.45) is 11.8 Å². The summed E-state index contributed by atoms with van der Waals surface area (Å²) in [7, 11) is 0. The molecule has 1 aromatic rings. The zero-order valence-electron chi connectivity index (χ0n) is 22.6. The number of hydrogen-bond acceptors (Lipinski definition) is 4. The van der Waals surface area contributed by atoms with Gasteiger partial charge in [-0.25, -0.2) is 4.79 Å². The fraction of sp³-hybridized carbons (Fsp3) is 0.733. The average molecular weight is 496 g/mol. The summed E-state index contributed by atoms with van der Waals surface area (Å²) in [5, 5.41) is 0. The molecule has 6 nitrogen and oxygen atoms in total. The summed E-state index contributed by atoms with van der Waals surface area (Å²) < 4.78 is 6.33. The number of aryl methyl sites for hydroxylation is 2. The minimum Gasteiger partial charge on any atom is -0.442 e. The maximum atomic E-state index is 13.2. The molecule has 198 valence electrons. The molecule has 3 saturated heterocycles. The normalized spacial score (nSPS) is 25.3. The highest BCUT2D eigenvalue weighted by molar-refractivity contribution is 5.97. The summed E-state index contributed by atoms with van der Waals surface area (Å²) in [6.45, 7) is 11.7. The van der Waals surface area contributed by atoms with E-state index >= 15 is 0 Å². The Bertz CT molecular complexity index is 923. The first kappa shape index (κ1) is 25.6. The van der Waals surface area contributed by atoms with Gasteiger partial charge in [-0.2, -0.15) is 0 Å². The van der Waals surface area contributed by atoms with Gasteiger partial charge in [0.1, 0.15) is 5.60 Å². The van der Waals surface area contributed by atoms with Crippen molar-refractivity contribution in [3.8, 4) is 0 Å². The number of nitrogens with zero attached hydrogens (tertiary/aromatic N) is 3. The molecule has 0 N–H and O–H groups in total. The van der Waals surface area contributed by atoms with Crippen LogP contribution in [0.4, 0.5) is 4.79 Å². The number of carbonyl (C=O) groups excluding carboxylic acids is 2. The summed E-state index contributed by atoms with van der Waals surface area (Å²) in [6, 6.07) is 6.61. The van der Waals surface area contributed by atoms with E-state index in [1.54, 1.807) is 0 Å². The van der Waals surface area contributed by atoms with Gasteiger partial charge in [0.2, 0.25) is 0 Å². The molecule has 1 saturated carbocycles. The van der Waals surface area contributed by atoms with Crippen LogP contribution >= 0.6 is 0 Å². The molecule has 0 bridgehead atoms. The molecule has 6 heteroatoms. The van der Waals surface area contributed by atoms with E-state index in [0.29, 0.717) is 17.9 Å². The standard InChI is InChI=1S/C30H45N3O3/c1-4-5-9-25-21-33(20-24-10-11-24)29(35)36-30(25)14-18-31(19-15-30)26-12-16-32(17-13-26)28(34)27-22(2)7-6-8-23(27)3/h6-8,24-26H,4-5,9-21H2,1-3H3. The van der Waals surface area contributed by atoms with Crippen molar-refractivity contribution >= 4 is 12.0 Å². The van der Waals surface area contributed by atoms with E-state index in [2.05, 4.69) is 16.7 Å². The molecule has 1 spiro atoms. The second kappa shape index (κ2) is 10.7. The van der Waals surface area contributed by atoms with Gasteiger partial charge in [-0.05, 0) is 63.0 Å². The highest BCUT2D eigenvalue weighted by Gasteiger charge is 2.50. The van der Waals surface area contributed by atoms with E-state index in [1.165, 1.54) is 25.7 Å². The lowest BCUT2D eigenvalue weighted by molar-refractivity contribution is -0.126. The maximum absolute atomic E-state index is 13.2. The van der Waals surface area contributed by atoms with Gasteiger partial charge < -0.3 is 14.5 Å². The van der Waals surface area contributed by atoms with Crippen LogP contribution in [0.5, 0.6) is 0 Å². The Morgan fingerprint density at radius 3 is 2.31 bits per heavy atom. The van der Waals surface area contributed by atoms with Gasteiger partial charge in [-0.3, -0.25) is 9.69 Å². The zero-order chi connectivity index (χ0) is 25.3. The zero-order valence-corrected chi connectivity index (χ0v) is 22.6. The largest absolute Gasteiger partial charge is 0.442 e. The molecule has 1 aliphatic carbocycles. The van der Waals surface area contributed by atoms with E-state index in [4.69, 9.17) is 4.74 Å². The van der Waals surface area contributed by atoms with E-state index < -0.39 is 0 Å². The summed E-state index contributed by atoms with van der Waals surface area (Å²) in [6.07, 6.45) is 9.96. The van der Waals surface area contributed by atoms with Gasteiger partial charge in [0, 0.05) is 69.6 Å². The summed E-state index contributed by atoms with van der Waals surface area (Å²) in [5.41, 5.74) is 2.74. The Balaban J connectivity index is 1.17. The molecule has 2 amide bonds. The SMILES string of the molecule is CCCCC1CN(CC2CC2)C(=O)OC12CCN(C1CCN(C(=O)c3c(C)cccc3C)CC1)CC2. The van der Waals surface area contributed by atoms with Crippen molar-refractivity contribution in [1.82, 2.24) is 14.7 Å². The number of ether oxygens (including phenoxy) is 1. The summed E-state index contributed by atoms with van der Waals surface area (Å²) in [4.78, 5) is 32.9. The number of piperidine rings is 2. The van der Waals surface area contributed by atoms with Gasteiger partial charge in [-0.1, -0.05) is 38.0 Å². The number of carbonyl (C=O) groups is 2. The van der Waals surface area contributed by atoms with Crippen LogP contribution in [0, 0.1) is 25.7 Å². The second-order valence-corrected chi connectivity index (χ2v) is 11.9. The van der Waals surface area contributed by atoms with Crippen LogP contribution in [0.25, 0.3) is 0 Å². The number of amides is 2. The quantitative estimate of drug-likeness (QED) is 0.507. The molecule has 1 atom stereocenters. The molecule has 1 aromatic carbocycles. The first-order chi connectivity index (χ1) is 17.4. The van der Waals surface area contributed by atoms with E-state index in [-0.39, 0.29) is 17.6 Å². The molecule has 4 fully saturated rings. The number of hydrogen-bond donors (Lipinski definition) is 0. The number of rotatable bonds is 7. The maximum Gasteiger partial charge on any atom is 0.410 e. The van der Waals surface area contributed by atoms with Crippen LogP contribution < -0.4 is 0 Å². The third-order valence-electron chi connectivity index (χ3n) is 9.42. The second-order valence-electron chi connectivity index (χ2n) is 11.9. The van der Waals surface area contributed by atoms with Crippen LogP contribution in [-0.4, -0.2) is 77.6 Å². The van der Waals surface area contributed by atoms with Crippen LogP contribution in [0.2, 0.25) is 0 Å². The third kappa shape index (κ3) is 5.29. The minimum atomic E-state index is -0.276. The predicted octanol–water partition coefficient (Wildman–Crippen LogP) is 5.41. The van der Waals surface area contributed by atoms with Crippen LogP contribution in [0.15, 0.2) is 18.2 Å². The Morgan fingerprint density at radius 1 is 1.03 bits per heavy atom. The van der Waals surface area contributed by atoms with Crippen molar-refractivity contribution in [2.45, 2.75) is 90.2 Å². The first-order valence-corrected chi connectivity index (χ1v) is 14.5. The Kier molecular flexibility index (Phi) is 7.62. The fourth-order valence-electron chi connectivity index (χ4n) is 6.92. The molecule has 36 heavy (non-hydrogen) atoms. The van der Waals surface area contributed by atoms with Crippen molar-refractivity contribution in [3.63, 3.8) is 0 Å². The third-order valence-corrected chi connectivity index (χ3v) is 9.42. The highest BCUT2D eigenvalue weighted by Crippen LogP contribution is 2.42. The van der Waals surface area contributed by atoms with E-state index in [1.807, 2.05) is 36.9 Å². The number of benzene rings is 1.